The van der Waals surface area contributed by atoms with E-state index >= 15 is 0 Å². The molecule has 1 aliphatic rings. The molecule has 1 aromatic heterocycles. The highest BCUT2D eigenvalue weighted by Gasteiger charge is 2.24. The zero-order valence-electron chi connectivity index (χ0n) is 13.1. The van der Waals surface area contributed by atoms with E-state index in [-0.39, 0.29) is 17.8 Å². The van der Waals surface area contributed by atoms with Crippen LogP contribution in [-0.4, -0.2) is 24.0 Å². The highest BCUT2D eigenvalue weighted by atomic mass is 19.1. The van der Waals surface area contributed by atoms with Crippen molar-refractivity contribution in [3.05, 3.63) is 66.1 Å². The van der Waals surface area contributed by atoms with Crippen LogP contribution in [0.1, 0.15) is 28.4 Å². The number of rotatable bonds is 5. The van der Waals surface area contributed by atoms with E-state index < -0.39 is 0 Å². The summed E-state index contributed by atoms with van der Waals surface area (Å²) in [5.74, 6) is 0.354. The van der Waals surface area contributed by atoms with Crippen molar-refractivity contribution < 1.29 is 13.9 Å². The summed E-state index contributed by atoms with van der Waals surface area (Å²) in [5, 5.41) is 5.96. The van der Waals surface area contributed by atoms with E-state index in [0.717, 1.165) is 5.56 Å². The number of carbonyl (C=O) groups excluding carboxylic acids is 1. The van der Waals surface area contributed by atoms with Gasteiger partial charge in [0.05, 0.1) is 18.2 Å². The number of benzene rings is 1. The Morgan fingerprint density at radius 1 is 1.42 bits per heavy atom. The molecule has 3 rings (SSSR count). The molecule has 6 heteroatoms. The molecule has 2 N–H and O–H groups in total. The second-order valence-corrected chi connectivity index (χ2v) is 5.42. The van der Waals surface area contributed by atoms with Gasteiger partial charge in [-0.05, 0) is 18.2 Å². The molecule has 1 amide bonds. The number of hydrogen-bond donors (Lipinski definition) is 2. The molecule has 124 valence electrons. The maximum Gasteiger partial charge on any atom is 0.253 e. The van der Waals surface area contributed by atoms with Crippen LogP contribution in [0.2, 0.25) is 0 Å². The third kappa shape index (κ3) is 3.37. The quantitative estimate of drug-likeness (QED) is 0.829. The fourth-order valence-electron chi connectivity index (χ4n) is 2.60. The standard InChI is InChI=1S/C18H18FN3O2/c1-2-9-20-18(23)12-6-7-16(21-11-12)22-15-8-10-24-17-13(15)4-3-5-14(17)19/h2-7,11,15H,1,8-10H2,(H,20,23)(H,21,22)/t15-/m0/s1. The first-order chi connectivity index (χ1) is 11.7. The van der Waals surface area contributed by atoms with Crippen molar-refractivity contribution in [2.24, 2.45) is 0 Å². The van der Waals surface area contributed by atoms with Gasteiger partial charge in [-0.15, -0.1) is 6.58 Å². The molecule has 0 spiro atoms. The van der Waals surface area contributed by atoms with Gasteiger partial charge >= 0.3 is 0 Å². The number of fused-ring (bicyclic) bond motifs is 1. The Bertz CT molecular complexity index is 746. The van der Waals surface area contributed by atoms with Crippen LogP contribution in [-0.2, 0) is 0 Å². The van der Waals surface area contributed by atoms with E-state index in [0.29, 0.717) is 36.7 Å². The number of nitrogens with zero attached hydrogens (tertiary/aromatic N) is 1. The molecule has 0 unspecified atom stereocenters. The minimum Gasteiger partial charge on any atom is -0.490 e. The van der Waals surface area contributed by atoms with Crippen molar-refractivity contribution in [1.29, 1.82) is 0 Å². The highest BCUT2D eigenvalue weighted by Crippen LogP contribution is 2.35. The molecule has 1 atom stereocenters. The molecule has 0 saturated heterocycles. The first kappa shape index (κ1) is 16.0. The Hall–Kier alpha value is -2.89. The Kier molecular flexibility index (Phi) is 4.74. The van der Waals surface area contributed by atoms with Crippen molar-refractivity contribution in [1.82, 2.24) is 10.3 Å². The summed E-state index contributed by atoms with van der Waals surface area (Å²) >= 11 is 0. The van der Waals surface area contributed by atoms with Crippen LogP contribution in [0.15, 0.2) is 49.2 Å². The van der Waals surface area contributed by atoms with Crippen molar-refractivity contribution in [3.63, 3.8) is 0 Å². The molecule has 0 bridgehead atoms. The van der Waals surface area contributed by atoms with Gasteiger partial charge in [0.25, 0.3) is 5.91 Å². The van der Waals surface area contributed by atoms with Gasteiger partial charge in [-0.2, -0.15) is 0 Å². The van der Waals surface area contributed by atoms with Crippen LogP contribution < -0.4 is 15.4 Å². The average Bonchev–Trinajstić information content (AvgIpc) is 2.61. The highest BCUT2D eigenvalue weighted by molar-refractivity contribution is 5.94. The number of halogens is 1. The predicted molar refractivity (Wildman–Crippen MR) is 89.6 cm³/mol. The topological polar surface area (TPSA) is 63.2 Å². The van der Waals surface area contributed by atoms with E-state index in [4.69, 9.17) is 4.74 Å². The van der Waals surface area contributed by atoms with E-state index in [2.05, 4.69) is 22.2 Å². The largest absolute Gasteiger partial charge is 0.490 e. The fourth-order valence-corrected chi connectivity index (χ4v) is 2.60. The van der Waals surface area contributed by atoms with Crippen molar-refractivity contribution in [3.8, 4) is 5.75 Å². The molecule has 0 fully saturated rings. The number of ether oxygens (including phenoxy) is 1. The zero-order chi connectivity index (χ0) is 16.9. The molecular weight excluding hydrogens is 309 g/mol. The Morgan fingerprint density at radius 3 is 3.04 bits per heavy atom. The van der Waals surface area contributed by atoms with Crippen LogP contribution >= 0.6 is 0 Å². The van der Waals surface area contributed by atoms with E-state index in [1.54, 1.807) is 24.3 Å². The summed E-state index contributed by atoms with van der Waals surface area (Å²) in [6.45, 7) is 4.40. The second kappa shape index (κ2) is 7.12. The molecule has 24 heavy (non-hydrogen) atoms. The summed E-state index contributed by atoms with van der Waals surface area (Å²) < 4.78 is 19.2. The number of nitrogens with one attached hydrogen (secondary N) is 2. The maximum atomic E-state index is 13.8. The second-order valence-electron chi connectivity index (χ2n) is 5.42. The monoisotopic (exact) mass is 327 g/mol. The predicted octanol–water partition coefficient (Wildman–Crippen LogP) is 3.07. The average molecular weight is 327 g/mol. The van der Waals surface area contributed by atoms with Gasteiger partial charge in [-0.3, -0.25) is 4.79 Å². The lowest BCUT2D eigenvalue weighted by molar-refractivity contribution is 0.0957. The van der Waals surface area contributed by atoms with E-state index in [1.165, 1.54) is 12.3 Å². The lowest BCUT2D eigenvalue weighted by Crippen LogP contribution is -2.24. The van der Waals surface area contributed by atoms with Gasteiger partial charge in [0, 0.05) is 24.7 Å². The molecular formula is C18H18FN3O2. The third-order valence-corrected chi connectivity index (χ3v) is 3.78. The van der Waals surface area contributed by atoms with Crippen LogP contribution in [0.25, 0.3) is 0 Å². The molecule has 0 radical (unpaired) electrons. The number of anilines is 1. The first-order valence-electron chi connectivity index (χ1n) is 7.72. The van der Waals surface area contributed by atoms with Gasteiger partial charge in [0.1, 0.15) is 5.82 Å². The number of aromatic nitrogens is 1. The summed E-state index contributed by atoms with van der Waals surface area (Å²) in [4.78, 5) is 16.1. The lowest BCUT2D eigenvalue weighted by Gasteiger charge is -2.27. The number of hydrogen-bond acceptors (Lipinski definition) is 4. The van der Waals surface area contributed by atoms with Gasteiger partial charge in [0.2, 0.25) is 0 Å². The normalized spacial score (nSPS) is 15.8. The summed E-state index contributed by atoms with van der Waals surface area (Å²) in [5.41, 5.74) is 1.25. The summed E-state index contributed by atoms with van der Waals surface area (Å²) in [7, 11) is 0. The van der Waals surface area contributed by atoms with Gasteiger partial charge in [-0.25, -0.2) is 9.37 Å². The Morgan fingerprint density at radius 2 is 2.29 bits per heavy atom. The molecule has 5 nitrogen and oxygen atoms in total. The molecule has 1 aliphatic heterocycles. The van der Waals surface area contributed by atoms with E-state index in [1.807, 2.05) is 6.07 Å². The molecule has 1 aromatic carbocycles. The summed E-state index contributed by atoms with van der Waals surface area (Å²) in [6.07, 6.45) is 3.83. The molecule has 0 aliphatic carbocycles. The SMILES string of the molecule is C=CCNC(=O)c1ccc(N[C@H]2CCOc3c(F)cccc32)nc1. The van der Waals surface area contributed by atoms with Crippen molar-refractivity contribution >= 4 is 11.7 Å². The van der Waals surface area contributed by atoms with Crippen molar-refractivity contribution in [2.75, 3.05) is 18.5 Å². The van der Waals surface area contributed by atoms with Crippen LogP contribution in [0.5, 0.6) is 5.75 Å². The number of para-hydroxylation sites is 1. The number of amides is 1. The van der Waals surface area contributed by atoms with E-state index in [9.17, 15) is 9.18 Å². The zero-order valence-corrected chi connectivity index (χ0v) is 13.1. The lowest BCUT2D eigenvalue weighted by atomic mass is 10.0. The Labute approximate surface area is 139 Å². The van der Waals surface area contributed by atoms with Gasteiger partial charge < -0.3 is 15.4 Å². The van der Waals surface area contributed by atoms with Crippen LogP contribution in [0.4, 0.5) is 10.2 Å². The van der Waals surface area contributed by atoms with Crippen molar-refractivity contribution in [2.45, 2.75) is 12.5 Å². The minimum atomic E-state index is -0.360. The van der Waals surface area contributed by atoms with Gasteiger partial charge in [0.15, 0.2) is 11.6 Å². The molecule has 2 aromatic rings. The fraction of sp³-hybridized carbons (Fsp3) is 0.222. The van der Waals surface area contributed by atoms with Crippen LogP contribution in [0, 0.1) is 5.82 Å². The maximum absolute atomic E-state index is 13.8. The first-order valence-corrected chi connectivity index (χ1v) is 7.72. The number of pyridine rings is 1. The molecule has 2 heterocycles. The smallest absolute Gasteiger partial charge is 0.253 e. The van der Waals surface area contributed by atoms with Gasteiger partial charge in [-0.1, -0.05) is 18.2 Å². The van der Waals surface area contributed by atoms with Crippen LogP contribution in [0.3, 0.4) is 0 Å². The molecule has 0 saturated carbocycles. The Balaban J connectivity index is 1.73. The summed E-state index contributed by atoms with van der Waals surface area (Å²) in [6, 6.07) is 8.23. The third-order valence-electron chi connectivity index (χ3n) is 3.78. The number of carbonyl (C=O) groups is 1. The minimum absolute atomic E-state index is 0.0857.